The number of nitriles is 1. The number of carboxylic acid groups (broad SMARTS) is 1. The molecule has 5 nitrogen and oxygen atoms in total. The molecule has 0 radical (unpaired) electrons. The van der Waals surface area contributed by atoms with Crippen molar-refractivity contribution in [2.75, 3.05) is 11.4 Å². The molecule has 2 atom stereocenters. The number of hydrogen-bond donors (Lipinski definition) is 1. The van der Waals surface area contributed by atoms with Crippen LogP contribution in [0.25, 0.3) is 0 Å². The number of pyridine rings is 1. The highest BCUT2D eigenvalue weighted by molar-refractivity contribution is 5.80. The first kappa shape index (κ1) is 15.3. The molecule has 0 bridgehead atoms. The van der Waals surface area contributed by atoms with Gasteiger partial charge in [0.15, 0.2) is 0 Å². The van der Waals surface area contributed by atoms with Crippen LogP contribution in [0.15, 0.2) is 6.07 Å². The molecule has 1 aliphatic heterocycles. The van der Waals surface area contributed by atoms with Crippen LogP contribution >= 0.6 is 0 Å². The van der Waals surface area contributed by atoms with E-state index in [9.17, 15) is 15.2 Å². The fraction of sp³-hybridized carbons (Fsp3) is 0.562. The number of rotatable bonds is 3. The van der Waals surface area contributed by atoms with Gasteiger partial charge in [0.25, 0.3) is 0 Å². The molecule has 0 saturated carbocycles. The Morgan fingerprint density at radius 2 is 2.29 bits per heavy atom. The monoisotopic (exact) mass is 287 g/mol. The third-order valence-corrected chi connectivity index (χ3v) is 4.30. The fourth-order valence-electron chi connectivity index (χ4n) is 3.10. The zero-order chi connectivity index (χ0) is 15.6. The molecule has 1 saturated heterocycles. The molecule has 112 valence electrons. The highest BCUT2D eigenvalue weighted by atomic mass is 16.4. The molecular formula is C16H21N3O2. The lowest BCUT2D eigenvalue weighted by Crippen LogP contribution is -2.47. The number of anilines is 1. The van der Waals surface area contributed by atoms with Gasteiger partial charge in [0, 0.05) is 12.2 Å². The summed E-state index contributed by atoms with van der Waals surface area (Å²) in [6.45, 7) is 6.43. The van der Waals surface area contributed by atoms with Crippen molar-refractivity contribution in [2.45, 2.75) is 46.1 Å². The average Bonchev–Trinajstić information content (AvgIpc) is 2.45. The van der Waals surface area contributed by atoms with Crippen LogP contribution < -0.4 is 4.90 Å². The largest absolute Gasteiger partial charge is 0.480 e. The summed E-state index contributed by atoms with van der Waals surface area (Å²) in [6, 6.07) is 3.44. The van der Waals surface area contributed by atoms with E-state index < -0.39 is 12.0 Å². The Hall–Kier alpha value is -2.09. The summed E-state index contributed by atoms with van der Waals surface area (Å²) in [6.07, 6.45) is 2.60. The van der Waals surface area contributed by atoms with Gasteiger partial charge < -0.3 is 10.0 Å². The number of piperidine rings is 1. The Balaban J connectivity index is 2.45. The summed E-state index contributed by atoms with van der Waals surface area (Å²) >= 11 is 0. The van der Waals surface area contributed by atoms with Crippen LogP contribution in [0.1, 0.15) is 43.1 Å². The molecule has 0 aromatic carbocycles. The highest BCUT2D eigenvalue weighted by Crippen LogP contribution is 2.33. The maximum absolute atomic E-state index is 11.6. The minimum absolute atomic E-state index is 0.442. The van der Waals surface area contributed by atoms with Gasteiger partial charge in [0.1, 0.15) is 12.1 Å². The van der Waals surface area contributed by atoms with E-state index in [0.29, 0.717) is 35.8 Å². The van der Waals surface area contributed by atoms with Crippen molar-refractivity contribution >= 4 is 11.7 Å². The lowest BCUT2D eigenvalue weighted by molar-refractivity contribution is -0.139. The minimum atomic E-state index is -0.816. The average molecular weight is 287 g/mol. The lowest BCUT2D eigenvalue weighted by Gasteiger charge is -2.39. The summed E-state index contributed by atoms with van der Waals surface area (Å²) in [5, 5.41) is 18.9. The second-order valence-electron chi connectivity index (χ2n) is 5.70. The first-order valence-corrected chi connectivity index (χ1v) is 7.35. The van der Waals surface area contributed by atoms with Gasteiger partial charge in [-0.1, -0.05) is 13.3 Å². The van der Waals surface area contributed by atoms with E-state index in [1.165, 1.54) is 0 Å². The number of aromatic nitrogens is 1. The molecule has 2 rings (SSSR count). The summed E-state index contributed by atoms with van der Waals surface area (Å²) in [5.41, 5.74) is 2.67. The van der Waals surface area contributed by atoms with Gasteiger partial charge in [0.2, 0.25) is 0 Å². The Morgan fingerprint density at radius 1 is 1.57 bits per heavy atom. The standard InChI is InChI=1S/C16H21N3O2/c1-4-12-5-6-19(15(8-12)16(20)21)14-7-10(2)18-11(3)13(14)9-17/h7,12,15H,4-6,8H2,1-3H3,(H,20,21). The van der Waals surface area contributed by atoms with E-state index in [0.717, 1.165) is 18.5 Å². The molecule has 0 amide bonds. The fourth-order valence-corrected chi connectivity index (χ4v) is 3.10. The molecule has 1 fully saturated rings. The number of hydrogen-bond acceptors (Lipinski definition) is 4. The van der Waals surface area contributed by atoms with Crippen molar-refractivity contribution in [3.05, 3.63) is 23.0 Å². The number of aryl methyl sites for hydroxylation is 2. The highest BCUT2D eigenvalue weighted by Gasteiger charge is 2.34. The summed E-state index contributed by atoms with van der Waals surface area (Å²) < 4.78 is 0. The number of carboxylic acids is 1. The smallest absolute Gasteiger partial charge is 0.326 e. The molecular weight excluding hydrogens is 266 g/mol. The minimum Gasteiger partial charge on any atom is -0.480 e. The number of carbonyl (C=O) groups is 1. The van der Waals surface area contributed by atoms with Crippen molar-refractivity contribution in [1.82, 2.24) is 4.98 Å². The van der Waals surface area contributed by atoms with Crippen LogP contribution in [0.2, 0.25) is 0 Å². The quantitative estimate of drug-likeness (QED) is 0.924. The van der Waals surface area contributed by atoms with Gasteiger partial charge >= 0.3 is 5.97 Å². The van der Waals surface area contributed by atoms with Crippen molar-refractivity contribution in [3.63, 3.8) is 0 Å². The van der Waals surface area contributed by atoms with Crippen molar-refractivity contribution in [3.8, 4) is 6.07 Å². The second-order valence-corrected chi connectivity index (χ2v) is 5.70. The second kappa shape index (κ2) is 6.13. The predicted octanol–water partition coefficient (Wildman–Crippen LogP) is 2.65. The maximum Gasteiger partial charge on any atom is 0.326 e. The maximum atomic E-state index is 11.6. The molecule has 21 heavy (non-hydrogen) atoms. The topological polar surface area (TPSA) is 77.2 Å². The zero-order valence-corrected chi connectivity index (χ0v) is 12.8. The van der Waals surface area contributed by atoms with Crippen molar-refractivity contribution in [2.24, 2.45) is 5.92 Å². The number of nitrogens with zero attached hydrogens (tertiary/aromatic N) is 3. The van der Waals surface area contributed by atoms with Gasteiger partial charge in [0.05, 0.1) is 16.9 Å². The Morgan fingerprint density at radius 3 is 2.86 bits per heavy atom. The SMILES string of the molecule is CCC1CCN(c2cc(C)nc(C)c2C#N)C(C(=O)O)C1. The predicted molar refractivity (Wildman–Crippen MR) is 80.2 cm³/mol. The first-order valence-electron chi connectivity index (χ1n) is 7.35. The molecule has 1 N–H and O–H groups in total. The molecule has 1 aromatic heterocycles. The molecule has 1 aromatic rings. The van der Waals surface area contributed by atoms with E-state index in [1.807, 2.05) is 17.9 Å². The third kappa shape index (κ3) is 2.99. The molecule has 5 heteroatoms. The van der Waals surface area contributed by atoms with Gasteiger partial charge in [-0.05, 0) is 38.7 Å². The van der Waals surface area contributed by atoms with Crippen molar-refractivity contribution in [1.29, 1.82) is 5.26 Å². The third-order valence-electron chi connectivity index (χ3n) is 4.30. The van der Waals surface area contributed by atoms with E-state index in [2.05, 4.69) is 18.0 Å². The molecule has 1 aliphatic rings. The van der Waals surface area contributed by atoms with Crippen LogP contribution in [-0.2, 0) is 4.79 Å². The normalized spacial score (nSPS) is 21.9. The van der Waals surface area contributed by atoms with E-state index in [4.69, 9.17) is 0 Å². The summed E-state index contributed by atoms with van der Waals surface area (Å²) in [7, 11) is 0. The lowest BCUT2D eigenvalue weighted by atomic mass is 9.88. The van der Waals surface area contributed by atoms with Crippen LogP contribution in [0.3, 0.4) is 0 Å². The zero-order valence-electron chi connectivity index (χ0n) is 12.8. The van der Waals surface area contributed by atoms with E-state index >= 15 is 0 Å². The molecule has 2 unspecified atom stereocenters. The molecule has 2 heterocycles. The Labute approximate surface area is 125 Å². The van der Waals surface area contributed by atoms with E-state index in [-0.39, 0.29) is 0 Å². The van der Waals surface area contributed by atoms with E-state index in [1.54, 1.807) is 6.92 Å². The van der Waals surface area contributed by atoms with Gasteiger partial charge in [-0.15, -0.1) is 0 Å². The van der Waals surface area contributed by atoms with Crippen molar-refractivity contribution < 1.29 is 9.90 Å². The molecule has 0 spiro atoms. The Kier molecular flexibility index (Phi) is 4.46. The number of aliphatic carboxylic acids is 1. The van der Waals surface area contributed by atoms with Gasteiger partial charge in [-0.25, -0.2) is 4.79 Å². The summed E-state index contributed by atoms with van der Waals surface area (Å²) in [4.78, 5) is 17.8. The van der Waals surface area contributed by atoms with Crippen LogP contribution in [0.4, 0.5) is 5.69 Å². The Bertz CT molecular complexity index is 592. The molecule has 0 aliphatic carbocycles. The van der Waals surface area contributed by atoms with Gasteiger partial charge in [-0.3, -0.25) is 4.98 Å². The van der Waals surface area contributed by atoms with Crippen LogP contribution in [0.5, 0.6) is 0 Å². The summed E-state index contributed by atoms with van der Waals surface area (Å²) in [5.74, 6) is -0.374. The van der Waals surface area contributed by atoms with Crippen LogP contribution in [-0.4, -0.2) is 28.6 Å². The van der Waals surface area contributed by atoms with Crippen LogP contribution in [0, 0.1) is 31.1 Å². The first-order chi connectivity index (χ1) is 9.97. The van der Waals surface area contributed by atoms with Gasteiger partial charge in [-0.2, -0.15) is 5.26 Å².